The summed E-state index contributed by atoms with van der Waals surface area (Å²) in [5.74, 6) is 1.45. The van der Waals surface area contributed by atoms with Crippen LogP contribution in [0.2, 0.25) is 0 Å². The number of allylic oxidation sites excluding steroid dienone is 8. The summed E-state index contributed by atoms with van der Waals surface area (Å²) < 4.78 is 2.67. The van der Waals surface area contributed by atoms with Crippen LogP contribution in [0.3, 0.4) is 0 Å². The molecule has 2 aliphatic carbocycles. The van der Waals surface area contributed by atoms with Crippen molar-refractivity contribution in [3.8, 4) is 22.3 Å². The second kappa shape index (κ2) is 13.0. The molecule has 1 heteroatoms. The summed E-state index contributed by atoms with van der Waals surface area (Å²) in [6.07, 6.45) is 16.3. The first-order valence-corrected chi connectivity index (χ1v) is 19.7. The van der Waals surface area contributed by atoms with Crippen LogP contribution in [0.4, 0.5) is 0 Å². The highest BCUT2D eigenvalue weighted by atomic mass is 32.1. The maximum Gasteiger partial charge on any atom is 0.0361 e. The minimum absolute atomic E-state index is 0.244. The fraction of sp³-hybridized carbons (Fsp3) is 0.115. The average molecular weight is 697 g/mol. The van der Waals surface area contributed by atoms with Crippen LogP contribution in [0, 0.1) is 11.8 Å². The Morgan fingerprint density at radius 2 is 1.17 bits per heavy atom. The molecule has 0 nitrogen and oxygen atoms in total. The van der Waals surface area contributed by atoms with Crippen molar-refractivity contribution < 1.29 is 0 Å². The summed E-state index contributed by atoms with van der Waals surface area (Å²) in [5.41, 5.74) is 10.5. The Morgan fingerprint density at radius 3 is 1.98 bits per heavy atom. The molecular formula is C52H40S. The van der Waals surface area contributed by atoms with Crippen LogP contribution >= 0.6 is 11.3 Å². The lowest BCUT2D eigenvalue weighted by molar-refractivity contribution is 0.635. The van der Waals surface area contributed by atoms with E-state index in [4.69, 9.17) is 0 Å². The topological polar surface area (TPSA) is 0 Å². The molecule has 0 bridgehead atoms. The second-order valence-corrected chi connectivity index (χ2v) is 16.0. The Labute approximate surface area is 315 Å². The van der Waals surface area contributed by atoms with Gasteiger partial charge in [-0.3, -0.25) is 0 Å². The van der Waals surface area contributed by atoms with Gasteiger partial charge in [-0.25, -0.2) is 0 Å². The SMILES string of the molecule is CC1C=CC=CC1c1ccc(-c2c3ccccc3c(C3C=CC(c4ccccc4)=CC3C)c3ccc(-c4cccc5sc6ccccc6c45)cc23)cc1. The van der Waals surface area contributed by atoms with Gasteiger partial charge in [0, 0.05) is 32.0 Å². The highest BCUT2D eigenvalue weighted by molar-refractivity contribution is 7.25. The Balaban J connectivity index is 1.21. The molecule has 0 aliphatic heterocycles. The van der Waals surface area contributed by atoms with Crippen molar-refractivity contribution in [2.24, 2.45) is 11.8 Å². The molecule has 8 aromatic rings. The molecule has 4 unspecified atom stereocenters. The minimum atomic E-state index is 0.244. The van der Waals surface area contributed by atoms with Gasteiger partial charge < -0.3 is 0 Å². The molecule has 53 heavy (non-hydrogen) atoms. The lowest BCUT2D eigenvalue weighted by atomic mass is 9.75. The molecule has 0 spiro atoms. The number of benzene rings is 7. The molecule has 0 fully saturated rings. The molecule has 10 rings (SSSR count). The Hall–Kier alpha value is -5.76. The molecule has 0 N–H and O–H groups in total. The number of hydrogen-bond acceptors (Lipinski definition) is 1. The molecule has 1 heterocycles. The summed E-state index contributed by atoms with van der Waals surface area (Å²) in [6, 6.07) is 52.3. The normalized spacial score (nSPS) is 19.8. The summed E-state index contributed by atoms with van der Waals surface area (Å²) >= 11 is 1.89. The molecule has 0 saturated carbocycles. The first-order chi connectivity index (χ1) is 26.1. The number of hydrogen-bond donors (Lipinski definition) is 0. The fourth-order valence-corrected chi connectivity index (χ4v) is 10.2. The summed E-state index contributed by atoms with van der Waals surface area (Å²) in [5, 5.41) is 7.98. The largest absolute Gasteiger partial charge is 0.135 e. The van der Waals surface area contributed by atoms with Crippen LogP contribution in [0.25, 0.3) is 69.5 Å². The smallest absolute Gasteiger partial charge is 0.0361 e. The van der Waals surface area contributed by atoms with Gasteiger partial charge in [-0.1, -0.05) is 178 Å². The zero-order chi connectivity index (χ0) is 35.5. The molecule has 0 radical (unpaired) electrons. The molecule has 2 aliphatic rings. The fourth-order valence-electron chi connectivity index (χ4n) is 9.08. The van der Waals surface area contributed by atoms with Crippen LogP contribution in [-0.4, -0.2) is 0 Å². The van der Waals surface area contributed by atoms with Gasteiger partial charge in [0.05, 0.1) is 0 Å². The first kappa shape index (κ1) is 31.9. The summed E-state index contributed by atoms with van der Waals surface area (Å²) in [7, 11) is 0. The molecule has 254 valence electrons. The molecular weight excluding hydrogens is 657 g/mol. The molecule has 4 atom stereocenters. The van der Waals surface area contributed by atoms with Crippen LogP contribution in [0.5, 0.6) is 0 Å². The van der Waals surface area contributed by atoms with E-state index in [0.29, 0.717) is 17.8 Å². The van der Waals surface area contributed by atoms with Crippen LogP contribution < -0.4 is 0 Å². The van der Waals surface area contributed by atoms with E-state index in [1.165, 1.54) is 86.2 Å². The van der Waals surface area contributed by atoms with Crippen molar-refractivity contribution in [2.75, 3.05) is 0 Å². The van der Waals surface area contributed by atoms with Crippen molar-refractivity contribution >= 4 is 58.6 Å². The van der Waals surface area contributed by atoms with Gasteiger partial charge in [-0.05, 0) is 96.1 Å². The highest BCUT2D eigenvalue weighted by Gasteiger charge is 2.26. The Morgan fingerprint density at radius 1 is 0.472 bits per heavy atom. The van der Waals surface area contributed by atoms with Crippen LogP contribution in [0.15, 0.2) is 182 Å². The molecule has 0 amide bonds. The van der Waals surface area contributed by atoms with Gasteiger partial charge in [0.1, 0.15) is 0 Å². The van der Waals surface area contributed by atoms with Gasteiger partial charge >= 0.3 is 0 Å². The molecule has 7 aromatic carbocycles. The van der Waals surface area contributed by atoms with Gasteiger partial charge in [0.15, 0.2) is 0 Å². The Kier molecular flexibility index (Phi) is 7.85. The molecule has 0 saturated heterocycles. The summed E-state index contributed by atoms with van der Waals surface area (Å²) in [6.45, 7) is 4.70. The molecule has 1 aromatic heterocycles. The lowest BCUT2D eigenvalue weighted by Gasteiger charge is -2.28. The van der Waals surface area contributed by atoms with Gasteiger partial charge in [-0.15, -0.1) is 11.3 Å². The predicted octanol–water partition coefficient (Wildman–Crippen LogP) is 14.9. The van der Waals surface area contributed by atoms with Crippen molar-refractivity contribution in [3.63, 3.8) is 0 Å². The zero-order valence-corrected chi connectivity index (χ0v) is 30.9. The first-order valence-electron chi connectivity index (χ1n) is 18.9. The lowest BCUT2D eigenvalue weighted by Crippen LogP contribution is -2.11. The zero-order valence-electron chi connectivity index (χ0n) is 30.0. The number of thiophene rings is 1. The van der Waals surface area contributed by atoms with Crippen LogP contribution in [-0.2, 0) is 0 Å². The third-order valence-electron chi connectivity index (χ3n) is 11.7. The van der Waals surface area contributed by atoms with E-state index < -0.39 is 0 Å². The highest BCUT2D eigenvalue weighted by Crippen LogP contribution is 2.48. The van der Waals surface area contributed by atoms with Gasteiger partial charge in [-0.2, -0.15) is 0 Å². The average Bonchev–Trinajstić information content (AvgIpc) is 3.60. The second-order valence-electron chi connectivity index (χ2n) is 14.9. The number of rotatable bonds is 5. The van der Waals surface area contributed by atoms with E-state index in [2.05, 4.69) is 196 Å². The quantitative estimate of drug-likeness (QED) is 0.157. The van der Waals surface area contributed by atoms with Crippen molar-refractivity contribution in [2.45, 2.75) is 25.7 Å². The van der Waals surface area contributed by atoms with E-state index in [1.807, 2.05) is 11.3 Å². The maximum atomic E-state index is 2.49. The van der Waals surface area contributed by atoms with Crippen molar-refractivity contribution in [3.05, 3.63) is 199 Å². The van der Waals surface area contributed by atoms with E-state index in [-0.39, 0.29) is 5.92 Å². The third kappa shape index (κ3) is 5.42. The van der Waals surface area contributed by atoms with Crippen molar-refractivity contribution in [1.82, 2.24) is 0 Å². The van der Waals surface area contributed by atoms with Crippen LogP contribution in [0.1, 0.15) is 42.4 Å². The maximum absolute atomic E-state index is 2.49. The summed E-state index contributed by atoms with van der Waals surface area (Å²) in [4.78, 5) is 0. The van der Waals surface area contributed by atoms with E-state index in [1.54, 1.807) is 0 Å². The van der Waals surface area contributed by atoms with Gasteiger partial charge in [0.2, 0.25) is 0 Å². The Bertz CT molecular complexity index is 2810. The standard InChI is InChI=1S/C52H40S/c1-33-13-6-7-16-40(33)36-23-25-37(26-24-36)50-43-17-8-9-18-44(43)51(41-29-27-38(31-34(41)2)35-14-4-3-5-15-35)45-30-28-39(32-47(45)50)42-20-12-22-49-52(42)46-19-10-11-21-48(46)53-49/h3-34,40-41H,1-2H3. The van der Waals surface area contributed by atoms with E-state index in [0.717, 1.165) is 0 Å². The monoisotopic (exact) mass is 696 g/mol. The van der Waals surface area contributed by atoms with Crippen molar-refractivity contribution in [1.29, 1.82) is 0 Å². The minimum Gasteiger partial charge on any atom is -0.135 e. The van der Waals surface area contributed by atoms with Gasteiger partial charge in [0.25, 0.3) is 0 Å². The van der Waals surface area contributed by atoms with E-state index >= 15 is 0 Å². The third-order valence-corrected chi connectivity index (χ3v) is 12.8. The predicted molar refractivity (Wildman–Crippen MR) is 231 cm³/mol. The van der Waals surface area contributed by atoms with E-state index in [9.17, 15) is 0 Å². The number of fused-ring (bicyclic) bond motifs is 5.